The Morgan fingerprint density at radius 1 is 1.24 bits per heavy atom. The Morgan fingerprint density at radius 2 is 1.97 bits per heavy atom. The molecular formula is C21H27BN6O. The summed E-state index contributed by atoms with van der Waals surface area (Å²) in [6, 6.07) is 6.29. The molecule has 1 aliphatic heterocycles. The molecule has 1 aromatic carbocycles. The van der Waals surface area contributed by atoms with Crippen molar-refractivity contribution in [3.8, 4) is 0 Å². The van der Waals surface area contributed by atoms with Gasteiger partial charge in [0.05, 0.1) is 0 Å². The molecule has 0 aliphatic carbocycles. The summed E-state index contributed by atoms with van der Waals surface area (Å²) in [6.07, 6.45) is 1.60. The van der Waals surface area contributed by atoms with Crippen LogP contribution in [-0.4, -0.2) is 50.9 Å². The number of nitrogens with one attached hydrogen (secondary N) is 2. The van der Waals surface area contributed by atoms with Crippen LogP contribution in [0, 0.1) is 13.8 Å². The molecule has 8 heteroatoms. The first kappa shape index (κ1) is 19.4. The van der Waals surface area contributed by atoms with E-state index in [2.05, 4.69) is 80.6 Å². The second kappa shape index (κ2) is 6.86. The molecule has 3 heterocycles. The van der Waals surface area contributed by atoms with E-state index in [0.29, 0.717) is 16.9 Å². The third kappa shape index (κ3) is 3.59. The summed E-state index contributed by atoms with van der Waals surface area (Å²) in [5.74, 6) is 0.873. The predicted molar refractivity (Wildman–Crippen MR) is 119 cm³/mol. The molecule has 0 radical (unpaired) electrons. The number of likely N-dealkylation sites (tertiary alicyclic amines) is 1. The molecule has 4 rings (SSSR count). The van der Waals surface area contributed by atoms with E-state index >= 15 is 0 Å². The second-order valence-corrected chi connectivity index (χ2v) is 8.89. The number of fused-ring (bicyclic) bond motifs is 1. The van der Waals surface area contributed by atoms with Crippen LogP contribution in [-0.2, 0) is 5.54 Å². The molecule has 1 saturated heterocycles. The van der Waals surface area contributed by atoms with Crippen LogP contribution >= 0.6 is 0 Å². The van der Waals surface area contributed by atoms with E-state index in [1.54, 1.807) is 6.20 Å². The van der Waals surface area contributed by atoms with Gasteiger partial charge in [0.2, 0.25) is 0 Å². The van der Waals surface area contributed by atoms with Gasteiger partial charge in [0.1, 0.15) is 0 Å². The van der Waals surface area contributed by atoms with Gasteiger partial charge in [0.15, 0.2) is 0 Å². The first-order valence-corrected chi connectivity index (χ1v) is 9.90. The van der Waals surface area contributed by atoms with E-state index in [9.17, 15) is 4.79 Å². The first-order valence-electron chi connectivity index (χ1n) is 9.90. The van der Waals surface area contributed by atoms with Crippen LogP contribution < -0.4 is 10.9 Å². The summed E-state index contributed by atoms with van der Waals surface area (Å²) >= 11 is 0. The molecule has 3 aromatic rings. The number of hydrogen-bond acceptors (Lipinski definition) is 5. The molecule has 0 atom stereocenters. The molecule has 0 spiro atoms. The van der Waals surface area contributed by atoms with E-state index in [0.717, 1.165) is 24.5 Å². The van der Waals surface area contributed by atoms with Crippen molar-refractivity contribution in [1.29, 1.82) is 0 Å². The van der Waals surface area contributed by atoms with E-state index < -0.39 is 0 Å². The molecule has 0 saturated carbocycles. The van der Waals surface area contributed by atoms with Crippen molar-refractivity contribution in [1.82, 2.24) is 24.6 Å². The number of aromatic nitrogens is 4. The Hall–Kier alpha value is -2.90. The minimum atomic E-state index is -0.240. The minimum absolute atomic E-state index is 0.133. The van der Waals surface area contributed by atoms with Gasteiger partial charge in [-0.1, -0.05) is 0 Å². The number of H-pyrrole nitrogens is 1. The van der Waals surface area contributed by atoms with Gasteiger partial charge in [-0.15, -0.1) is 0 Å². The fourth-order valence-electron chi connectivity index (χ4n) is 3.56. The normalized spacial score (nSPS) is 14.8. The van der Waals surface area contributed by atoms with Crippen LogP contribution in [0.2, 0.25) is 0 Å². The molecule has 29 heavy (non-hydrogen) atoms. The Balaban J connectivity index is 1.49. The van der Waals surface area contributed by atoms with Gasteiger partial charge in [0, 0.05) is 0 Å². The zero-order chi connectivity index (χ0) is 20.9. The average molecular weight is 390 g/mol. The quantitative estimate of drug-likeness (QED) is 0.667. The van der Waals surface area contributed by atoms with Crippen molar-refractivity contribution in [2.45, 2.75) is 46.1 Å². The number of anilines is 1. The standard InChI is InChI=1S/C21H27BN6O/c1-12-6-7-15(8-13(12)2)24-20(22)27-10-14(11-27)17-25-18-16(19(29)26-17)9-23-28(18)21(3,4)5/h6-9,14,22,24H,10-11H2,1-5H3,(H,25,26,29). The molecular weight excluding hydrogens is 363 g/mol. The maximum absolute atomic E-state index is 12.5. The predicted octanol–water partition coefficient (Wildman–Crippen LogP) is 1.99. The van der Waals surface area contributed by atoms with Crippen molar-refractivity contribution < 1.29 is 0 Å². The first-order chi connectivity index (χ1) is 13.6. The van der Waals surface area contributed by atoms with Gasteiger partial charge in [0.25, 0.3) is 0 Å². The zero-order valence-electron chi connectivity index (χ0n) is 17.7. The summed E-state index contributed by atoms with van der Waals surface area (Å²) in [5.41, 5.74) is 4.67. The van der Waals surface area contributed by atoms with E-state index in [1.807, 2.05) is 4.68 Å². The maximum atomic E-state index is 12.5. The van der Waals surface area contributed by atoms with Crippen molar-refractivity contribution in [2.24, 2.45) is 0 Å². The molecule has 0 bridgehead atoms. The SMILES string of the molecule is B=C(Nc1ccc(C)c(C)c1)N1CC(c2nc3c(cnn3C(C)(C)C)c(=O)[nH]2)C1. The average Bonchev–Trinajstić information content (AvgIpc) is 3.02. The van der Waals surface area contributed by atoms with Gasteiger partial charge in [-0.05, 0) is 0 Å². The summed E-state index contributed by atoms with van der Waals surface area (Å²) in [5, 5.41) is 8.28. The summed E-state index contributed by atoms with van der Waals surface area (Å²) in [7, 11) is 4.17. The molecule has 0 amide bonds. The van der Waals surface area contributed by atoms with Crippen molar-refractivity contribution in [2.75, 3.05) is 18.4 Å². The van der Waals surface area contributed by atoms with Crippen molar-refractivity contribution in [3.63, 3.8) is 0 Å². The van der Waals surface area contributed by atoms with Crippen LogP contribution in [0.4, 0.5) is 5.69 Å². The number of hydrogen-bond donors (Lipinski definition) is 2. The fourth-order valence-corrected chi connectivity index (χ4v) is 3.56. The molecule has 1 aliphatic rings. The molecule has 2 aromatic heterocycles. The zero-order valence-corrected chi connectivity index (χ0v) is 17.7. The van der Waals surface area contributed by atoms with Crippen molar-refractivity contribution >= 4 is 29.9 Å². The topological polar surface area (TPSA) is 78.8 Å². The van der Waals surface area contributed by atoms with Crippen LogP contribution in [0.5, 0.6) is 0 Å². The van der Waals surface area contributed by atoms with Gasteiger partial charge >= 0.3 is 171 Å². The van der Waals surface area contributed by atoms with E-state index in [4.69, 9.17) is 4.98 Å². The summed E-state index contributed by atoms with van der Waals surface area (Å²) < 4.78 is 1.82. The molecule has 0 unspecified atom stereocenters. The van der Waals surface area contributed by atoms with Crippen LogP contribution in [0.3, 0.4) is 0 Å². The van der Waals surface area contributed by atoms with Crippen LogP contribution in [0.25, 0.3) is 11.0 Å². The summed E-state index contributed by atoms with van der Waals surface area (Å²) in [6.45, 7) is 11.9. The molecule has 150 valence electrons. The monoisotopic (exact) mass is 390 g/mol. The molecule has 7 nitrogen and oxygen atoms in total. The van der Waals surface area contributed by atoms with Gasteiger partial charge < -0.3 is 0 Å². The van der Waals surface area contributed by atoms with E-state index in [1.165, 1.54) is 11.1 Å². The number of aromatic amines is 1. The van der Waals surface area contributed by atoms with Gasteiger partial charge in [-0.3, -0.25) is 0 Å². The number of nitrogens with zero attached hydrogens (tertiary/aromatic N) is 4. The van der Waals surface area contributed by atoms with Gasteiger partial charge in [-0.25, -0.2) is 0 Å². The number of rotatable bonds is 4. The Labute approximate surface area is 171 Å². The Morgan fingerprint density at radius 3 is 2.62 bits per heavy atom. The third-order valence-corrected chi connectivity index (χ3v) is 5.54. The molecule has 1 fully saturated rings. The Kier molecular flexibility index (Phi) is 4.60. The van der Waals surface area contributed by atoms with E-state index in [-0.39, 0.29) is 17.0 Å². The Bertz CT molecular complexity index is 1150. The third-order valence-electron chi connectivity index (χ3n) is 5.54. The molecule has 2 N–H and O–H groups in total. The second-order valence-electron chi connectivity index (χ2n) is 8.89. The number of aryl methyl sites for hydroxylation is 2. The van der Waals surface area contributed by atoms with Crippen molar-refractivity contribution in [3.05, 3.63) is 51.7 Å². The fraction of sp³-hybridized carbons (Fsp3) is 0.429. The number of benzene rings is 1. The van der Waals surface area contributed by atoms with Crippen LogP contribution in [0.1, 0.15) is 43.6 Å². The van der Waals surface area contributed by atoms with Crippen LogP contribution in [0.15, 0.2) is 29.2 Å². The van der Waals surface area contributed by atoms with Gasteiger partial charge in [-0.2, -0.15) is 0 Å². The summed E-state index contributed by atoms with van der Waals surface area (Å²) in [4.78, 5) is 22.4.